The summed E-state index contributed by atoms with van der Waals surface area (Å²) in [5, 5.41) is 3.25. The van der Waals surface area contributed by atoms with Crippen LogP contribution in [-0.2, 0) is 11.3 Å². The Balaban J connectivity index is 1.84. The molecule has 22 heavy (non-hydrogen) atoms. The minimum atomic E-state index is 0.157. The molecule has 5 nitrogen and oxygen atoms in total. The predicted octanol–water partition coefficient (Wildman–Crippen LogP) is 3.13. The van der Waals surface area contributed by atoms with E-state index in [0.717, 1.165) is 5.69 Å². The molecule has 1 aromatic heterocycles. The van der Waals surface area contributed by atoms with Gasteiger partial charge in [-0.05, 0) is 42.2 Å². The number of benzene rings is 1. The van der Waals surface area contributed by atoms with E-state index in [1.54, 1.807) is 12.1 Å². The van der Waals surface area contributed by atoms with Crippen LogP contribution in [-0.4, -0.2) is 18.5 Å². The lowest BCUT2D eigenvalue weighted by molar-refractivity contribution is 0.329. The molecular weight excluding hydrogens is 277 g/mol. The van der Waals surface area contributed by atoms with E-state index in [4.69, 9.17) is 16.0 Å². The van der Waals surface area contributed by atoms with E-state index in [-0.39, 0.29) is 6.92 Å². The molecule has 0 aliphatic carbocycles. The lowest BCUT2D eigenvalue weighted by Gasteiger charge is -2.10. The van der Waals surface area contributed by atoms with Crippen molar-refractivity contribution < 1.29 is 9.39 Å². The SMILES string of the molecule is [C-]#[N+]c1ccc(Nc2ccc3c(c2)COB3C)nc1OCC. The summed E-state index contributed by atoms with van der Waals surface area (Å²) in [5.41, 5.74) is 3.79. The maximum Gasteiger partial charge on any atom is 0.324 e. The van der Waals surface area contributed by atoms with Crippen molar-refractivity contribution in [3.8, 4) is 5.88 Å². The lowest BCUT2D eigenvalue weighted by atomic mass is 9.64. The van der Waals surface area contributed by atoms with Crippen molar-refractivity contribution in [1.82, 2.24) is 4.98 Å². The highest BCUT2D eigenvalue weighted by Gasteiger charge is 2.23. The summed E-state index contributed by atoms with van der Waals surface area (Å²) in [6, 6.07) is 9.65. The normalized spacial score (nSPS) is 12.7. The number of ether oxygens (including phenoxy) is 1. The molecule has 0 atom stereocenters. The van der Waals surface area contributed by atoms with Gasteiger partial charge in [0, 0.05) is 5.69 Å². The van der Waals surface area contributed by atoms with Gasteiger partial charge in [-0.3, -0.25) is 0 Å². The van der Waals surface area contributed by atoms with Crippen LogP contribution in [0.2, 0.25) is 6.82 Å². The number of fused-ring (bicyclic) bond motifs is 1. The summed E-state index contributed by atoms with van der Waals surface area (Å²) >= 11 is 0. The number of nitrogens with one attached hydrogen (secondary N) is 1. The summed E-state index contributed by atoms with van der Waals surface area (Å²) in [7, 11) is 0. The van der Waals surface area contributed by atoms with Crippen molar-refractivity contribution in [2.45, 2.75) is 20.4 Å². The fourth-order valence-corrected chi connectivity index (χ4v) is 2.49. The number of hydrogen-bond acceptors (Lipinski definition) is 4. The van der Waals surface area contributed by atoms with Crippen molar-refractivity contribution in [3.05, 3.63) is 47.3 Å². The van der Waals surface area contributed by atoms with Crippen LogP contribution in [0.25, 0.3) is 4.85 Å². The van der Waals surface area contributed by atoms with Crippen LogP contribution in [0.4, 0.5) is 17.2 Å². The van der Waals surface area contributed by atoms with E-state index in [9.17, 15) is 0 Å². The molecule has 1 N–H and O–H groups in total. The van der Waals surface area contributed by atoms with Crippen molar-refractivity contribution in [1.29, 1.82) is 0 Å². The van der Waals surface area contributed by atoms with Gasteiger partial charge in [-0.15, -0.1) is 0 Å². The molecule has 1 aromatic carbocycles. The van der Waals surface area contributed by atoms with Gasteiger partial charge in [0.25, 0.3) is 0 Å². The minimum Gasteiger partial charge on any atom is -0.487 e. The second-order valence-corrected chi connectivity index (χ2v) is 5.06. The monoisotopic (exact) mass is 293 g/mol. The molecule has 110 valence electrons. The summed E-state index contributed by atoms with van der Waals surface area (Å²) in [4.78, 5) is 7.77. The molecule has 0 radical (unpaired) electrons. The Labute approximate surface area is 130 Å². The van der Waals surface area contributed by atoms with E-state index in [0.29, 0.717) is 30.6 Å². The van der Waals surface area contributed by atoms with Gasteiger partial charge in [-0.2, -0.15) is 0 Å². The molecule has 1 aliphatic rings. The smallest absolute Gasteiger partial charge is 0.324 e. The second-order valence-electron chi connectivity index (χ2n) is 5.06. The predicted molar refractivity (Wildman–Crippen MR) is 87.4 cm³/mol. The Bertz CT molecular complexity index is 743. The highest BCUT2D eigenvalue weighted by atomic mass is 16.5. The number of hydrogen-bond donors (Lipinski definition) is 1. The Hall–Kier alpha value is -2.52. The highest BCUT2D eigenvalue weighted by molar-refractivity contribution is 6.67. The molecule has 0 amide bonds. The standard InChI is InChI=1S/C16H16BN3O2/c1-4-21-16-14(18-3)7-8-15(20-16)19-12-5-6-13-11(9-12)10-22-17(13)2/h5-9H,4,10H2,1-2H3,(H,19,20). The number of anilines is 2. The third-order valence-corrected chi connectivity index (χ3v) is 3.58. The molecule has 0 saturated heterocycles. The molecule has 2 aromatic rings. The molecule has 2 heterocycles. The summed E-state index contributed by atoms with van der Waals surface area (Å²) < 4.78 is 11.0. The second kappa shape index (κ2) is 6.08. The van der Waals surface area contributed by atoms with Gasteiger partial charge in [0.1, 0.15) is 5.82 Å². The first-order valence-electron chi connectivity index (χ1n) is 7.24. The molecule has 0 unspecified atom stereocenters. The molecule has 0 spiro atoms. The van der Waals surface area contributed by atoms with E-state index in [1.165, 1.54) is 11.0 Å². The largest absolute Gasteiger partial charge is 0.487 e. The topological polar surface area (TPSA) is 47.7 Å². The maximum atomic E-state index is 7.13. The van der Waals surface area contributed by atoms with Crippen LogP contribution in [0.5, 0.6) is 5.88 Å². The lowest BCUT2D eigenvalue weighted by Crippen LogP contribution is -2.23. The van der Waals surface area contributed by atoms with Gasteiger partial charge in [-0.1, -0.05) is 12.9 Å². The maximum absolute atomic E-state index is 7.13. The van der Waals surface area contributed by atoms with Crippen LogP contribution in [0, 0.1) is 6.57 Å². The Morgan fingerprint density at radius 3 is 3.05 bits per heavy atom. The Morgan fingerprint density at radius 2 is 2.27 bits per heavy atom. The molecule has 3 rings (SSSR count). The van der Waals surface area contributed by atoms with Gasteiger partial charge >= 0.3 is 6.92 Å². The van der Waals surface area contributed by atoms with E-state index >= 15 is 0 Å². The van der Waals surface area contributed by atoms with Crippen molar-refractivity contribution in [3.63, 3.8) is 0 Å². The number of rotatable bonds is 4. The van der Waals surface area contributed by atoms with Crippen LogP contribution in [0.15, 0.2) is 30.3 Å². The fourth-order valence-electron chi connectivity index (χ4n) is 2.49. The van der Waals surface area contributed by atoms with Gasteiger partial charge in [0.05, 0.1) is 19.8 Å². The van der Waals surface area contributed by atoms with Crippen LogP contribution in [0.3, 0.4) is 0 Å². The van der Waals surface area contributed by atoms with Gasteiger partial charge in [0.15, 0.2) is 0 Å². The van der Waals surface area contributed by atoms with Crippen molar-refractivity contribution in [2.75, 3.05) is 11.9 Å². The minimum absolute atomic E-state index is 0.157. The average Bonchev–Trinajstić information content (AvgIpc) is 2.89. The zero-order valence-corrected chi connectivity index (χ0v) is 12.6. The number of aromatic nitrogens is 1. The van der Waals surface area contributed by atoms with Gasteiger partial charge in [-0.25, -0.2) is 9.83 Å². The van der Waals surface area contributed by atoms with Crippen molar-refractivity contribution in [2.24, 2.45) is 0 Å². The number of nitrogens with zero attached hydrogens (tertiary/aromatic N) is 2. The Kier molecular flexibility index (Phi) is 3.99. The molecule has 0 fully saturated rings. The van der Waals surface area contributed by atoms with Crippen molar-refractivity contribution >= 4 is 29.6 Å². The molecule has 1 aliphatic heterocycles. The Morgan fingerprint density at radius 1 is 1.41 bits per heavy atom. The molecule has 0 saturated carbocycles. The van der Waals surface area contributed by atoms with E-state index in [2.05, 4.69) is 34.1 Å². The average molecular weight is 293 g/mol. The molecule has 6 heteroatoms. The first-order valence-corrected chi connectivity index (χ1v) is 7.24. The van der Waals surface area contributed by atoms with Crippen LogP contribution in [0.1, 0.15) is 12.5 Å². The van der Waals surface area contributed by atoms with E-state index < -0.39 is 0 Å². The van der Waals surface area contributed by atoms with Crippen LogP contribution >= 0.6 is 0 Å². The van der Waals surface area contributed by atoms with Crippen LogP contribution < -0.4 is 15.5 Å². The summed E-state index contributed by atoms with van der Waals surface area (Å²) in [5.74, 6) is 1.02. The third-order valence-electron chi connectivity index (χ3n) is 3.58. The summed E-state index contributed by atoms with van der Waals surface area (Å²) in [6.07, 6.45) is 0. The highest BCUT2D eigenvalue weighted by Crippen LogP contribution is 2.28. The first kappa shape index (κ1) is 14.4. The quantitative estimate of drug-likeness (QED) is 0.695. The van der Waals surface area contributed by atoms with Gasteiger partial charge < -0.3 is 14.7 Å². The van der Waals surface area contributed by atoms with Gasteiger partial charge in [0.2, 0.25) is 11.6 Å². The summed E-state index contributed by atoms with van der Waals surface area (Å²) in [6.45, 7) is 12.3. The zero-order valence-electron chi connectivity index (χ0n) is 12.6. The number of pyridine rings is 1. The molecular formula is C16H16BN3O2. The fraction of sp³-hybridized carbons (Fsp3) is 0.250. The third kappa shape index (κ3) is 2.76. The molecule has 0 bridgehead atoms. The first-order chi connectivity index (χ1) is 10.7. The van der Waals surface area contributed by atoms with E-state index in [1.807, 2.05) is 13.0 Å². The zero-order chi connectivity index (χ0) is 15.5.